The largest absolute Gasteiger partial charge is 0.382 e. The molecule has 0 bridgehead atoms. The second-order valence-electron chi connectivity index (χ2n) is 6.65. The van der Waals surface area contributed by atoms with E-state index >= 15 is 0 Å². The highest BCUT2D eigenvalue weighted by molar-refractivity contribution is 5.92. The highest BCUT2D eigenvalue weighted by atomic mass is 16.1. The molecule has 0 aromatic carbocycles. The number of aromatic nitrogens is 5. The number of carbonyl (C=O) groups excluding carboxylic acids is 1. The molecular weight excluding hydrogens is 318 g/mol. The van der Waals surface area contributed by atoms with E-state index in [1.165, 1.54) is 19.2 Å². The minimum Gasteiger partial charge on any atom is -0.382 e. The minimum atomic E-state index is -0.317. The fourth-order valence-corrected chi connectivity index (χ4v) is 3.87. The van der Waals surface area contributed by atoms with E-state index in [2.05, 4.69) is 20.1 Å². The van der Waals surface area contributed by atoms with Crippen LogP contribution in [0.25, 0.3) is 22.3 Å². The maximum atomic E-state index is 11.6. The lowest BCUT2D eigenvalue weighted by molar-refractivity contribution is -0.119. The Hall–Kier alpha value is -2.90. The Labute approximate surface area is 144 Å². The van der Waals surface area contributed by atoms with Crippen LogP contribution in [0.15, 0.2) is 24.8 Å². The molecule has 0 saturated heterocycles. The first-order valence-corrected chi connectivity index (χ1v) is 8.55. The molecule has 1 saturated carbocycles. The number of anilines is 1. The van der Waals surface area contributed by atoms with Crippen LogP contribution in [0.3, 0.4) is 0 Å². The van der Waals surface area contributed by atoms with E-state index < -0.39 is 0 Å². The molecule has 3 aromatic heterocycles. The number of nitrogens with one attached hydrogen (secondary N) is 1. The van der Waals surface area contributed by atoms with Crippen molar-refractivity contribution in [2.75, 3.05) is 5.73 Å². The van der Waals surface area contributed by atoms with E-state index in [0.29, 0.717) is 11.7 Å². The molecular formula is C17H21N7O. The summed E-state index contributed by atoms with van der Waals surface area (Å²) in [5.74, 6) is 0.480. The number of hydrogen-bond acceptors (Lipinski definition) is 5. The molecule has 4 rings (SSSR count). The SMILES string of the molecule is NC(=O)CC(C1CCCC1)n1cc(-c2ncnc3[nH]ccc23)c(N)n1. The number of aromatic amines is 1. The Morgan fingerprint density at radius 1 is 1.36 bits per heavy atom. The van der Waals surface area contributed by atoms with Crippen molar-refractivity contribution < 1.29 is 4.79 Å². The third kappa shape index (κ3) is 2.84. The predicted molar refractivity (Wildman–Crippen MR) is 94.3 cm³/mol. The monoisotopic (exact) mass is 339 g/mol. The van der Waals surface area contributed by atoms with Gasteiger partial charge >= 0.3 is 0 Å². The van der Waals surface area contributed by atoms with Gasteiger partial charge in [-0.05, 0) is 24.8 Å². The molecule has 1 fully saturated rings. The molecule has 8 heteroatoms. The number of fused-ring (bicyclic) bond motifs is 1. The number of H-pyrrole nitrogens is 1. The lowest BCUT2D eigenvalue weighted by Gasteiger charge is -2.22. The lowest BCUT2D eigenvalue weighted by atomic mass is 9.95. The van der Waals surface area contributed by atoms with E-state index in [1.54, 1.807) is 0 Å². The van der Waals surface area contributed by atoms with Crippen molar-refractivity contribution in [1.29, 1.82) is 0 Å². The summed E-state index contributed by atoms with van der Waals surface area (Å²) in [7, 11) is 0. The summed E-state index contributed by atoms with van der Waals surface area (Å²) < 4.78 is 1.81. The minimum absolute atomic E-state index is 0.0559. The van der Waals surface area contributed by atoms with E-state index in [0.717, 1.165) is 35.1 Å². The van der Waals surface area contributed by atoms with Gasteiger partial charge in [-0.15, -0.1) is 0 Å². The molecule has 1 unspecified atom stereocenters. The van der Waals surface area contributed by atoms with Gasteiger partial charge < -0.3 is 16.5 Å². The van der Waals surface area contributed by atoms with Gasteiger partial charge in [0, 0.05) is 24.2 Å². The van der Waals surface area contributed by atoms with Crippen LogP contribution in [0.4, 0.5) is 5.82 Å². The lowest BCUT2D eigenvalue weighted by Crippen LogP contribution is -2.25. The van der Waals surface area contributed by atoms with E-state index in [-0.39, 0.29) is 18.4 Å². The highest BCUT2D eigenvalue weighted by Gasteiger charge is 2.29. The number of rotatable bonds is 5. The number of nitrogen functional groups attached to an aromatic ring is 1. The zero-order valence-electron chi connectivity index (χ0n) is 13.9. The van der Waals surface area contributed by atoms with Gasteiger partial charge in [0.2, 0.25) is 5.91 Å². The van der Waals surface area contributed by atoms with Crippen molar-refractivity contribution in [3.05, 3.63) is 24.8 Å². The van der Waals surface area contributed by atoms with Gasteiger partial charge in [-0.3, -0.25) is 9.48 Å². The van der Waals surface area contributed by atoms with Gasteiger partial charge in [-0.2, -0.15) is 5.10 Å². The zero-order chi connectivity index (χ0) is 17.4. The number of amides is 1. The molecule has 1 atom stereocenters. The normalized spacial score (nSPS) is 16.5. The molecule has 1 aliphatic carbocycles. The summed E-state index contributed by atoms with van der Waals surface area (Å²) in [4.78, 5) is 23.2. The van der Waals surface area contributed by atoms with Crippen LogP contribution in [-0.2, 0) is 4.79 Å². The second-order valence-corrected chi connectivity index (χ2v) is 6.65. The molecule has 25 heavy (non-hydrogen) atoms. The fourth-order valence-electron chi connectivity index (χ4n) is 3.87. The summed E-state index contributed by atoms with van der Waals surface area (Å²) in [5, 5.41) is 5.38. The quantitative estimate of drug-likeness (QED) is 0.655. The van der Waals surface area contributed by atoms with Crippen LogP contribution in [0.2, 0.25) is 0 Å². The van der Waals surface area contributed by atoms with Crippen LogP contribution in [0, 0.1) is 5.92 Å². The first-order valence-electron chi connectivity index (χ1n) is 8.55. The third-order valence-electron chi connectivity index (χ3n) is 5.06. The van der Waals surface area contributed by atoms with Gasteiger partial charge in [-0.25, -0.2) is 9.97 Å². The topological polar surface area (TPSA) is 128 Å². The predicted octanol–water partition coefficient (Wildman–Crippen LogP) is 2.01. The van der Waals surface area contributed by atoms with Crippen LogP contribution in [0.1, 0.15) is 38.1 Å². The second kappa shape index (κ2) is 6.19. The average Bonchev–Trinajstić information content (AvgIpc) is 3.32. The van der Waals surface area contributed by atoms with E-state index in [4.69, 9.17) is 11.5 Å². The van der Waals surface area contributed by atoms with Crippen molar-refractivity contribution in [3.8, 4) is 11.3 Å². The van der Waals surface area contributed by atoms with Crippen molar-refractivity contribution in [2.24, 2.45) is 11.7 Å². The third-order valence-corrected chi connectivity index (χ3v) is 5.06. The molecule has 130 valence electrons. The molecule has 3 heterocycles. The Morgan fingerprint density at radius 2 is 2.16 bits per heavy atom. The zero-order valence-corrected chi connectivity index (χ0v) is 13.9. The highest BCUT2D eigenvalue weighted by Crippen LogP contribution is 2.38. The smallest absolute Gasteiger partial charge is 0.219 e. The molecule has 1 amide bonds. The number of nitrogens with two attached hydrogens (primary N) is 2. The van der Waals surface area contributed by atoms with E-state index in [9.17, 15) is 4.79 Å². The molecule has 0 aliphatic heterocycles. The Morgan fingerprint density at radius 3 is 2.92 bits per heavy atom. The Bertz CT molecular complexity index is 907. The Balaban J connectivity index is 1.75. The number of carbonyl (C=O) groups is 1. The fraction of sp³-hybridized carbons (Fsp3) is 0.412. The van der Waals surface area contributed by atoms with Crippen molar-refractivity contribution >= 4 is 22.8 Å². The summed E-state index contributed by atoms with van der Waals surface area (Å²) in [6, 6.07) is 1.86. The summed E-state index contributed by atoms with van der Waals surface area (Å²) in [6.07, 6.45) is 10.0. The molecule has 0 spiro atoms. The molecule has 8 nitrogen and oxygen atoms in total. The van der Waals surface area contributed by atoms with Gasteiger partial charge in [0.25, 0.3) is 0 Å². The van der Waals surface area contributed by atoms with Crippen molar-refractivity contribution in [2.45, 2.75) is 38.1 Å². The summed E-state index contributed by atoms with van der Waals surface area (Å²) >= 11 is 0. The molecule has 3 aromatic rings. The first-order chi connectivity index (χ1) is 12.1. The maximum Gasteiger partial charge on any atom is 0.219 e. The van der Waals surface area contributed by atoms with E-state index in [1.807, 2.05) is 23.1 Å². The Kier molecular flexibility index (Phi) is 3.87. The molecule has 1 aliphatic rings. The van der Waals surface area contributed by atoms with Crippen molar-refractivity contribution in [3.63, 3.8) is 0 Å². The first kappa shape index (κ1) is 15.6. The van der Waals surface area contributed by atoms with Gasteiger partial charge in [-0.1, -0.05) is 12.8 Å². The van der Waals surface area contributed by atoms with Crippen LogP contribution in [0.5, 0.6) is 0 Å². The number of hydrogen-bond donors (Lipinski definition) is 3. The number of primary amides is 1. The molecule has 5 N–H and O–H groups in total. The van der Waals surface area contributed by atoms with Gasteiger partial charge in [0.1, 0.15) is 12.0 Å². The maximum absolute atomic E-state index is 11.6. The van der Waals surface area contributed by atoms with Crippen LogP contribution in [-0.4, -0.2) is 30.6 Å². The van der Waals surface area contributed by atoms with Crippen LogP contribution < -0.4 is 11.5 Å². The summed E-state index contributed by atoms with van der Waals surface area (Å²) in [5.41, 5.74) is 13.9. The standard InChI is InChI=1S/C17H21N7O/c18-14(25)7-13(10-3-1-2-4-10)24-8-12(16(19)23-24)15-11-5-6-20-17(11)22-9-21-15/h5-6,8-10,13H,1-4,7H2,(H2,18,25)(H2,19,23)(H,20,21,22). The van der Waals surface area contributed by atoms with Gasteiger partial charge in [0.15, 0.2) is 5.82 Å². The van der Waals surface area contributed by atoms with Gasteiger partial charge in [0.05, 0.1) is 17.3 Å². The van der Waals surface area contributed by atoms with Crippen LogP contribution >= 0.6 is 0 Å². The van der Waals surface area contributed by atoms with Crippen molar-refractivity contribution in [1.82, 2.24) is 24.7 Å². The molecule has 0 radical (unpaired) electrons. The average molecular weight is 339 g/mol. The number of nitrogens with zero attached hydrogens (tertiary/aromatic N) is 4. The summed E-state index contributed by atoms with van der Waals surface area (Å²) in [6.45, 7) is 0.